The van der Waals surface area contributed by atoms with Gasteiger partial charge in [0.2, 0.25) is 5.95 Å². The van der Waals surface area contributed by atoms with Crippen molar-refractivity contribution in [3.8, 4) is 0 Å². The lowest BCUT2D eigenvalue weighted by atomic mass is 10.1. The van der Waals surface area contributed by atoms with E-state index >= 15 is 0 Å². The summed E-state index contributed by atoms with van der Waals surface area (Å²) in [5.41, 5.74) is 1.89. The molecule has 0 saturated heterocycles. The molecule has 0 saturated carbocycles. The molecule has 0 spiro atoms. The summed E-state index contributed by atoms with van der Waals surface area (Å²) in [6.07, 6.45) is 2.41. The van der Waals surface area contributed by atoms with Crippen LogP contribution in [0.3, 0.4) is 0 Å². The van der Waals surface area contributed by atoms with Crippen LogP contribution in [0.25, 0.3) is 0 Å². The SMILES string of the molecule is Clc1cccc(CCNc2cnnc(Nc3ccccc3Cl)n2)c1. The van der Waals surface area contributed by atoms with Crippen molar-refractivity contribution in [2.24, 2.45) is 0 Å². The molecule has 2 aromatic carbocycles. The van der Waals surface area contributed by atoms with E-state index < -0.39 is 0 Å². The van der Waals surface area contributed by atoms with Gasteiger partial charge >= 0.3 is 0 Å². The van der Waals surface area contributed by atoms with Crippen LogP contribution in [-0.2, 0) is 6.42 Å². The van der Waals surface area contributed by atoms with Crippen molar-refractivity contribution in [1.29, 1.82) is 0 Å². The number of benzene rings is 2. The normalized spacial score (nSPS) is 10.4. The number of rotatable bonds is 6. The summed E-state index contributed by atoms with van der Waals surface area (Å²) in [6, 6.07) is 15.2. The van der Waals surface area contributed by atoms with Crippen LogP contribution in [0.4, 0.5) is 17.5 Å². The number of hydrogen-bond donors (Lipinski definition) is 2. The summed E-state index contributed by atoms with van der Waals surface area (Å²) in [5.74, 6) is 1.03. The molecule has 3 aromatic rings. The Morgan fingerprint density at radius 2 is 1.88 bits per heavy atom. The van der Waals surface area contributed by atoms with Gasteiger partial charge in [-0.3, -0.25) is 0 Å². The van der Waals surface area contributed by atoms with Crippen LogP contribution < -0.4 is 10.6 Å². The highest BCUT2D eigenvalue weighted by Gasteiger charge is 2.04. The first-order valence-electron chi connectivity index (χ1n) is 7.40. The Morgan fingerprint density at radius 1 is 1.00 bits per heavy atom. The first-order valence-corrected chi connectivity index (χ1v) is 8.16. The molecule has 0 radical (unpaired) electrons. The van der Waals surface area contributed by atoms with E-state index in [4.69, 9.17) is 23.2 Å². The third-order valence-electron chi connectivity index (χ3n) is 3.29. The molecule has 0 bridgehead atoms. The van der Waals surface area contributed by atoms with Gasteiger partial charge in [0, 0.05) is 11.6 Å². The molecule has 0 amide bonds. The molecular weight excluding hydrogens is 345 g/mol. The van der Waals surface area contributed by atoms with Crippen LogP contribution in [0.15, 0.2) is 54.7 Å². The van der Waals surface area contributed by atoms with Gasteiger partial charge in [-0.15, -0.1) is 5.10 Å². The Kier molecular flexibility index (Phi) is 5.46. The van der Waals surface area contributed by atoms with Crippen molar-refractivity contribution in [2.45, 2.75) is 6.42 Å². The Labute approximate surface area is 150 Å². The Morgan fingerprint density at radius 3 is 2.71 bits per heavy atom. The van der Waals surface area contributed by atoms with Gasteiger partial charge in [-0.2, -0.15) is 10.1 Å². The van der Waals surface area contributed by atoms with Crippen molar-refractivity contribution >= 4 is 40.7 Å². The number of hydrogen-bond acceptors (Lipinski definition) is 5. The van der Waals surface area contributed by atoms with Gasteiger partial charge in [0.05, 0.1) is 16.9 Å². The van der Waals surface area contributed by atoms with Gasteiger partial charge < -0.3 is 10.6 Å². The highest BCUT2D eigenvalue weighted by molar-refractivity contribution is 6.33. The fraction of sp³-hybridized carbons (Fsp3) is 0.118. The lowest BCUT2D eigenvalue weighted by Crippen LogP contribution is -2.08. The first kappa shape index (κ1) is 16.5. The number of nitrogens with zero attached hydrogens (tertiary/aromatic N) is 3. The number of para-hydroxylation sites is 1. The second kappa shape index (κ2) is 7.95. The molecule has 0 atom stereocenters. The average molecular weight is 360 g/mol. The zero-order valence-corrected chi connectivity index (χ0v) is 14.2. The highest BCUT2D eigenvalue weighted by Crippen LogP contribution is 2.23. The maximum absolute atomic E-state index is 6.11. The number of halogens is 2. The van der Waals surface area contributed by atoms with Gasteiger partial charge in [0.25, 0.3) is 0 Å². The summed E-state index contributed by atoms with van der Waals surface area (Å²) in [6.45, 7) is 0.713. The zero-order chi connectivity index (χ0) is 16.8. The van der Waals surface area contributed by atoms with E-state index in [9.17, 15) is 0 Å². The lowest BCUT2D eigenvalue weighted by Gasteiger charge is -2.08. The molecule has 3 rings (SSSR count). The predicted octanol–water partition coefficient (Wildman–Crippen LogP) is 4.58. The second-order valence-electron chi connectivity index (χ2n) is 5.08. The summed E-state index contributed by atoms with van der Waals surface area (Å²) in [5, 5.41) is 15.5. The Balaban J connectivity index is 1.60. The van der Waals surface area contributed by atoms with Gasteiger partial charge in [-0.05, 0) is 36.2 Å². The van der Waals surface area contributed by atoms with E-state index in [1.165, 1.54) is 0 Å². The van der Waals surface area contributed by atoms with Crippen LogP contribution >= 0.6 is 23.2 Å². The predicted molar refractivity (Wildman–Crippen MR) is 98.2 cm³/mol. The van der Waals surface area contributed by atoms with Gasteiger partial charge in [0.1, 0.15) is 0 Å². The maximum atomic E-state index is 6.11. The average Bonchev–Trinajstić information content (AvgIpc) is 2.58. The van der Waals surface area contributed by atoms with E-state index in [0.29, 0.717) is 23.3 Å². The van der Waals surface area contributed by atoms with E-state index in [0.717, 1.165) is 22.7 Å². The van der Waals surface area contributed by atoms with Crippen LogP contribution in [0, 0.1) is 0 Å². The Hall–Kier alpha value is -2.37. The van der Waals surface area contributed by atoms with Crippen molar-refractivity contribution in [2.75, 3.05) is 17.2 Å². The second-order valence-corrected chi connectivity index (χ2v) is 5.92. The van der Waals surface area contributed by atoms with Gasteiger partial charge in [-0.25, -0.2) is 0 Å². The molecule has 0 fully saturated rings. The lowest BCUT2D eigenvalue weighted by molar-refractivity contribution is 0.950. The summed E-state index contributed by atoms with van der Waals surface area (Å²) >= 11 is 12.1. The molecule has 122 valence electrons. The third kappa shape index (κ3) is 4.57. The molecular formula is C17H15Cl2N5. The summed E-state index contributed by atoms with van der Waals surface area (Å²) in [4.78, 5) is 4.38. The molecule has 5 nitrogen and oxygen atoms in total. The maximum Gasteiger partial charge on any atom is 0.249 e. The minimum atomic E-state index is 0.385. The molecule has 0 aliphatic heterocycles. The quantitative estimate of drug-likeness (QED) is 0.674. The van der Waals surface area contributed by atoms with Crippen molar-refractivity contribution in [1.82, 2.24) is 15.2 Å². The molecule has 24 heavy (non-hydrogen) atoms. The van der Waals surface area contributed by atoms with Gasteiger partial charge in [0.15, 0.2) is 5.82 Å². The standard InChI is InChI=1S/C17H15Cl2N5/c18-13-5-3-4-12(10-13)8-9-20-16-11-21-24-17(23-16)22-15-7-2-1-6-14(15)19/h1-7,10-11H,8-9H2,(H2,20,22,23,24). The molecule has 1 aromatic heterocycles. The van der Waals surface area contributed by atoms with Crippen LogP contribution in [-0.4, -0.2) is 21.7 Å². The Bertz CT molecular complexity index is 825. The largest absolute Gasteiger partial charge is 0.368 e. The summed E-state index contributed by atoms with van der Waals surface area (Å²) in [7, 11) is 0. The molecule has 0 unspecified atom stereocenters. The van der Waals surface area contributed by atoms with E-state index in [1.54, 1.807) is 12.3 Å². The van der Waals surface area contributed by atoms with Crippen LogP contribution in [0.1, 0.15) is 5.56 Å². The molecule has 0 aliphatic rings. The fourth-order valence-corrected chi connectivity index (χ4v) is 2.55. The smallest absolute Gasteiger partial charge is 0.249 e. The van der Waals surface area contributed by atoms with Crippen LogP contribution in [0.2, 0.25) is 10.0 Å². The van der Waals surface area contributed by atoms with E-state index in [1.807, 2.05) is 42.5 Å². The number of nitrogens with one attached hydrogen (secondary N) is 2. The first-order chi connectivity index (χ1) is 11.7. The topological polar surface area (TPSA) is 62.7 Å². The number of anilines is 3. The van der Waals surface area contributed by atoms with Crippen molar-refractivity contribution < 1.29 is 0 Å². The minimum Gasteiger partial charge on any atom is -0.368 e. The fourth-order valence-electron chi connectivity index (χ4n) is 2.15. The number of aromatic nitrogens is 3. The van der Waals surface area contributed by atoms with E-state index in [2.05, 4.69) is 25.8 Å². The monoisotopic (exact) mass is 359 g/mol. The van der Waals surface area contributed by atoms with Crippen LogP contribution in [0.5, 0.6) is 0 Å². The van der Waals surface area contributed by atoms with E-state index in [-0.39, 0.29) is 0 Å². The van der Waals surface area contributed by atoms with Gasteiger partial charge in [-0.1, -0.05) is 47.5 Å². The van der Waals surface area contributed by atoms with Crippen molar-refractivity contribution in [3.63, 3.8) is 0 Å². The molecule has 2 N–H and O–H groups in total. The molecule has 1 heterocycles. The third-order valence-corrected chi connectivity index (χ3v) is 3.85. The van der Waals surface area contributed by atoms with Crippen molar-refractivity contribution in [3.05, 3.63) is 70.3 Å². The zero-order valence-electron chi connectivity index (χ0n) is 12.7. The molecule has 7 heteroatoms. The summed E-state index contributed by atoms with van der Waals surface area (Å²) < 4.78 is 0. The molecule has 0 aliphatic carbocycles. The minimum absolute atomic E-state index is 0.385. The highest BCUT2D eigenvalue weighted by atomic mass is 35.5.